The van der Waals surface area contributed by atoms with Crippen molar-refractivity contribution in [2.75, 3.05) is 6.61 Å². The molecule has 0 fully saturated rings. The van der Waals surface area contributed by atoms with E-state index in [4.69, 9.17) is 14.2 Å². The van der Waals surface area contributed by atoms with Crippen LogP contribution < -0.4 is 0 Å². The number of carbonyl (C=O) groups excluding carboxylic acids is 3. The average molecular weight is 1000 g/mol. The molecule has 0 aromatic heterocycles. The van der Waals surface area contributed by atoms with Crippen molar-refractivity contribution in [3.05, 3.63) is 0 Å². The van der Waals surface area contributed by atoms with E-state index in [-0.39, 0.29) is 24.5 Å². The Hall–Kier alpha value is -1.59. The maximum atomic E-state index is 13.7. The van der Waals surface area contributed by atoms with E-state index in [1.165, 1.54) is 193 Å². The van der Waals surface area contributed by atoms with Crippen LogP contribution in [0.25, 0.3) is 0 Å². The standard InChI is InChI=1S/C65H126O6/c1-9-11-12-49-56-65(10-2,71-64(68)55-48-42-36-30-24-18-15-21-27-33-39-45-52-60(7)8)61(70-63(67)54-47-41-35-29-23-17-14-20-26-32-38-44-51-59(5)6)57-69-62(66)53-46-40-34-28-22-16-13-19-25-31-37-43-50-58(3)4/h58-61H,9-57H2,1-8H3. The van der Waals surface area contributed by atoms with Crippen LogP contribution in [0.15, 0.2) is 0 Å². The maximum Gasteiger partial charge on any atom is 0.306 e. The first-order valence-corrected chi connectivity index (χ1v) is 32.0. The van der Waals surface area contributed by atoms with Crippen molar-refractivity contribution in [2.45, 2.75) is 375 Å². The van der Waals surface area contributed by atoms with Crippen LogP contribution in [0.4, 0.5) is 0 Å². The summed E-state index contributed by atoms with van der Waals surface area (Å²) < 4.78 is 18.8. The van der Waals surface area contributed by atoms with Crippen LogP contribution in [0.5, 0.6) is 0 Å². The van der Waals surface area contributed by atoms with Gasteiger partial charge in [-0.2, -0.15) is 0 Å². The predicted octanol–water partition coefficient (Wildman–Crippen LogP) is 21.5. The summed E-state index contributed by atoms with van der Waals surface area (Å²) in [6.07, 6.45) is 54.5. The molecule has 0 saturated carbocycles. The summed E-state index contributed by atoms with van der Waals surface area (Å²) in [5.74, 6) is 1.74. The third-order valence-electron chi connectivity index (χ3n) is 15.4. The van der Waals surface area contributed by atoms with Gasteiger partial charge in [0.1, 0.15) is 6.61 Å². The molecule has 0 aromatic rings. The van der Waals surface area contributed by atoms with Crippen molar-refractivity contribution in [2.24, 2.45) is 17.8 Å². The van der Waals surface area contributed by atoms with E-state index < -0.39 is 11.7 Å². The van der Waals surface area contributed by atoms with E-state index in [2.05, 4.69) is 48.5 Å². The Morgan fingerprint density at radius 3 is 0.930 bits per heavy atom. The molecule has 0 spiro atoms. The normalized spacial score (nSPS) is 13.1. The SMILES string of the molecule is CCCCCCC(CC)(OC(=O)CCCCCCCCCCCCCCC(C)C)C(COC(=O)CCCCCCCCCCCCCCC(C)C)OC(=O)CCCCCCCCCCCCCCC(C)C. The van der Waals surface area contributed by atoms with Crippen LogP contribution in [0.2, 0.25) is 0 Å². The van der Waals surface area contributed by atoms with Crippen molar-refractivity contribution in [3.63, 3.8) is 0 Å². The van der Waals surface area contributed by atoms with Crippen molar-refractivity contribution in [1.29, 1.82) is 0 Å². The summed E-state index contributed by atoms with van der Waals surface area (Å²) in [6, 6.07) is 0. The second kappa shape index (κ2) is 51.9. The van der Waals surface area contributed by atoms with Gasteiger partial charge in [-0.15, -0.1) is 0 Å². The fourth-order valence-corrected chi connectivity index (χ4v) is 10.4. The second-order valence-electron chi connectivity index (χ2n) is 23.9. The van der Waals surface area contributed by atoms with Crippen LogP contribution >= 0.6 is 0 Å². The molecule has 6 nitrogen and oxygen atoms in total. The largest absolute Gasteiger partial charge is 0.462 e. The Bertz CT molecular complexity index is 1150. The van der Waals surface area contributed by atoms with Gasteiger partial charge in [0.25, 0.3) is 0 Å². The summed E-state index contributed by atoms with van der Waals surface area (Å²) in [7, 11) is 0. The zero-order chi connectivity index (χ0) is 52.3. The maximum absolute atomic E-state index is 13.7. The molecule has 0 amide bonds. The number of rotatable bonds is 56. The molecule has 0 aromatic carbocycles. The van der Waals surface area contributed by atoms with Gasteiger partial charge in [0, 0.05) is 19.3 Å². The minimum Gasteiger partial charge on any atom is -0.462 e. The highest BCUT2D eigenvalue weighted by molar-refractivity contribution is 5.71. The third kappa shape index (κ3) is 47.8. The minimum atomic E-state index is -1.02. The molecule has 0 aliphatic rings. The number of hydrogen-bond acceptors (Lipinski definition) is 6. The zero-order valence-corrected chi connectivity index (χ0v) is 49.4. The lowest BCUT2D eigenvalue weighted by Crippen LogP contribution is -2.51. The van der Waals surface area contributed by atoms with E-state index in [9.17, 15) is 14.4 Å². The Balaban J connectivity index is 5.14. The van der Waals surface area contributed by atoms with E-state index in [1.54, 1.807) is 0 Å². The molecule has 422 valence electrons. The van der Waals surface area contributed by atoms with Crippen LogP contribution in [0.1, 0.15) is 364 Å². The molecule has 6 heteroatoms. The van der Waals surface area contributed by atoms with Gasteiger partial charge in [-0.3, -0.25) is 14.4 Å². The predicted molar refractivity (Wildman–Crippen MR) is 307 cm³/mol. The minimum absolute atomic E-state index is 0.0622. The Morgan fingerprint density at radius 2 is 0.620 bits per heavy atom. The summed E-state index contributed by atoms with van der Waals surface area (Å²) >= 11 is 0. The van der Waals surface area contributed by atoms with Crippen LogP contribution in [-0.2, 0) is 28.6 Å². The number of esters is 3. The van der Waals surface area contributed by atoms with E-state index in [1.807, 2.05) is 6.92 Å². The van der Waals surface area contributed by atoms with Gasteiger partial charge >= 0.3 is 17.9 Å². The van der Waals surface area contributed by atoms with E-state index in [0.717, 1.165) is 101 Å². The lowest BCUT2D eigenvalue weighted by Gasteiger charge is -2.39. The lowest BCUT2D eigenvalue weighted by molar-refractivity contribution is -0.197. The molecule has 0 bridgehead atoms. The monoisotopic (exact) mass is 1000 g/mol. The van der Waals surface area contributed by atoms with Gasteiger partial charge in [-0.1, -0.05) is 306 Å². The molecule has 0 aliphatic carbocycles. The van der Waals surface area contributed by atoms with Crippen molar-refractivity contribution in [3.8, 4) is 0 Å². The van der Waals surface area contributed by atoms with Gasteiger partial charge in [0.05, 0.1) is 0 Å². The lowest BCUT2D eigenvalue weighted by atomic mass is 9.87. The molecule has 2 unspecified atom stereocenters. The summed E-state index contributed by atoms with van der Waals surface area (Å²) in [4.78, 5) is 40.5. The number of carbonyl (C=O) groups is 3. The van der Waals surface area contributed by atoms with Gasteiger partial charge in [0.15, 0.2) is 11.7 Å². The Kier molecular flexibility index (Phi) is 50.7. The summed E-state index contributed by atoms with van der Waals surface area (Å²) in [6.45, 7) is 18.1. The number of hydrogen-bond donors (Lipinski definition) is 0. The summed E-state index contributed by atoms with van der Waals surface area (Å²) in [5, 5.41) is 0. The summed E-state index contributed by atoms with van der Waals surface area (Å²) in [5.41, 5.74) is -1.02. The molecule has 71 heavy (non-hydrogen) atoms. The fourth-order valence-electron chi connectivity index (χ4n) is 10.4. The molecule has 2 atom stereocenters. The first kappa shape index (κ1) is 69.4. The van der Waals surface area contributed by atoms with Crippen LogP contribution in [0, 0.1) is 17.8 Å². The molecule has 0 heterocycles. The molecule has 0 radical (unpaired) electrons. The number of unbranched alkanes of at least 4 members (excludes halogenated alkanes) is 36. The highest BCUT2D eigenvalue weighted by atomic mass is 16.6. The quantitative estimate of drug-likeness (QED) is 0.0343. The molecule has 0 N–H and O–H groups in total. The van der Waals surface area contributed by atoms with Crippen molar-refractivity contribution >= 4 is 17.9 Å². The fraction of sp³-hybridized carbons (Fsp3) is 0.954. The first-order chi connectivity index (χ1) is 34.5. The highest BCUT2D eigenvalue weighted by Crippen LogP contribution is 2.33. The Labute approximate surface area is 444 Å². The van der Waals surface area contributed by atoms with Crippen molar-refractivity contribution < 1.29 is 28.6 Å². The highest BCUT2D eigenvalue weighted by Gasteiger charge is 2.44. The number of ether oxygens (including phenoxy) is 3. The molecular weight excluding hydrogens is 877 g/mol. The van der Waals surface area contributed by atoms with Crippen LogP contribution in [0.3, 0.4) is 0 Å². The van der Waals surface area contributed by atoms with Crippen LogP contribution in [-0.4, -0.2) is 36.2 Å². The van der Waals surface area contributed by atoms with E-state index >= 15 is 0 Å². The van der Waals surface area contributed by atoms with Crippen molar-refractivity contribution in [1.82, 2.24) is 0 Å². The van der Waals surface area contributed by atoms with Gasteiger partial charge < -0.3 is 14.2 Å². The molecule has 0 aliphatic heterocycles. The molecular formula is C65H126O6. The topological polar surface area (TPSA) is 78.9 Å². The zero-order valence-electron chi connectivity index (χ0n) is 49.4. The molecule has 0 saturated heterocycles. The molecule has 0 rings (SSSR count). The van der Waals surface area contributed by atoms with Gasteiger partial charge in [0.2, 0.25) is 0 Å². The second-order valence-corrected chi connectivity index (χ2v) is 23.9. The first-order valence-electron chi connectivity index (χ1n) is 32.0. The third-order valence-corrected chi connectivity index (χ3v) is 15.4. The van der Waals surface area contributed by atoms with Gasteiger partial charge in [-0.25, -0.2) is 0 Å². The average Bonchev–Trinajstić information content (AvgIpc) is 3.33. The Morgan fingerprint density at radius 1 is 0.338 bits per heavy atom. The smallest absolute Gasteiger partial charge is 0.306 e. The van der Waals surface area contributed by atoms with E-state index in [0.29, 0.717) is 32.1 Å². The van der Waals surface area contributed by atoms with Gasteiger partial charge in [-0.05, 0) is 56.3 Å².